The molecule has 1 aromatic carbocycles. The van der Waals surface area contributed by atoms with E-state index < -0.39 is 27.2 Å². The molecule has 0 saturated carbocycles. The van der Waals surface area contributed by atoms with E-state index in [1.807, 2.05) is 0 Å². The SMILES string of the molecule is O=C(O)C1(CNS(=O)(=O)/C=C/c2ccc(F)cc2)CCOCC1. The number of aliphatic carboxylic acids is 1. The van der Waals surface area contributed by atoms with Gasteiger partial charge >= 0.3 is 5.97 Å². The van der Waals surface area contributed by atoms with Crippen molar-refractivity contribution in [3.05, 3.63) is 41.1 Å². The van der Waals surface area contributed by atoms with Gasteiger partial charge in [0.25, 0.3) is 0 Å². The van der Waals surface area contributed by atoms with Gasteiger partial charge in [0.1, 0.15) is 5.82 Å². The zero-order chi connectivity index (χ0) is 16.9. The summed E-state index contributed by atoms with van der Waals surface area (Å²) in [5.41, 5.74) is -0.620. The quantitative estimate of drug-likeness (QED) is 0.818. The van der Waals surface area contributed by atoms with Crippen LogP contribution in [0.4, 0.5) is 4.39 Å². The number of nitrogens with one attached hydrogen (secondary N) is 1. The van der Waals surface area contributed by atoms with Crippen molar-refractivity contribution in [2.45, 2.75) is 12.8 Å². The molecule has 1 fully saturated rings. The molecule has 0 aliphatic carbocycles. The summed E-state index contributed by atoms with van der Waals surface area (Å²) < 4.78 is 44.2. The molecule has 0 radical (unpaired) electrons. The first-order valence-electron chi connectivity index (χ1n) is 7.07. The summed E-state index contributed by atoms with van der Waals surface area (Å²) in [5.74, 6) is -1.45. The molecule has 126 valence electrons. The highest BCUT2D eigenvalue weighted by Gasteiger charge is 2.40. The number of hydrogen-bond acceptors (Lipinski definition) is 4. The van der Waals surface area contributed by atoms with Crippen LogP contribution in [0.5, 0.6) is 0 Å². The topological polar surface area (TPSA) is 92.7 Å². The van der Waals surface area contributed by atoms with Gasteiger partial charge in [0.2, 0.25) is 10.0 Å². The predicted octanol–water partition coefficient (Wildman–Crippen LogP) is 1.60. The molecule has 1 aliphatic heterocycles. The van der Waals surface area contributed by atoms with E-state index in [4.69, 9.17) is 4.74 Å². The third kappa shape index (κ3) is 4.85. The monoisotopic (exact) mass is 343 g/mol. The highest BCUT2D eigenvalue weighted by atomic mass is 32.2. The van der Waals surface area contributed by atoms with E-state index in [-0.39, 0.29) is 19.4 Å². The number of hydrogen-bond donors (Lipinski definition) is 2. The molecule has 0 aromatic heterocycles. The number of ether oxygens (including phenoxy) is 1. The largest absolute Gasteiger partial charge is 0.481 e. The fraction of sp³-hybridized carbons (Fsp3) is 0.400. The molecule has 2 rings (SSSR count). The second-order valence-electron chi connectivity index (χ2n) is 5.42. The minimum atomic E-state index is -3.79. The third-order valence-corrected chi connectivity index (χ3v) is 4.87. The highest BCUT2D eigenvalue weighted by molar-refractivity contribution is 7.92. The summed E-state index contributed by atoms with van der Waals surface area (Å²) in [4.78, 5) is 11.5. The number of carboxylic acid groups (broad SMARTS) is 1. The van der Waals surface area contributed by atoms with Crippen LogP contribution in [0.3, 0.4) is 0 Å². The second kappa shape index (κ2) is 7.20. The lowest BCUT2D eigenvalue weighted by molar-refractivity contribution is -0.154. The van der Waals surface area contributed by atoms with Gasteiger partial charge in [0.05, 0.1) is 5.41 Å². The lowest BCUT2D eigenvalue weighted by Crippen LogP contribution is -2.46. The van der Waals surface area contributed by atoms with Gasteiger partial charge in [0.15, 0.2) is 0 Å². The van der Waals surface area contributed by atoms with E-state index in [0.717, 1.165) is 5.41 Å². The fourth-order valence-corrected chi connectivity index (χ4v) is 3.17. The highest BCUT2D eigenvalue weighted by Crippen LogP contribution is 2.30. The van der Waals surface area contributed by atoms with Crippen molar-refractivity contribution in [2.75, 3.05) is 19.8 Å². The molecule has 1 aliphatic rings. The van der Waals surface area contributed by atoms with E-state index >= 15 is 0 Å². The maximum absolute atomic E-state index is 12.8. The van der Waals surface area contributed by atoms with Crippen LogP contribution in [0, 0.1) is 11.2 Å². The normalized spacial score (nSPS) is 18.1. The van der Waals surface area contributed by atoms with Crippen molar-refractivity contribution in [1.29, 1.82) is 0 Å². The number of rotatable bonds is 6. The average molecular weight is 343 g/mol. The molecule has 0 atom stereocenters. The molecule has 1 aromatic rings. The molecule has 23 heavy (non-hydrogen) atoms. The minimum absolute atomic E-state index is 0.193. The number of carboxylic acids is 1. The summed E-state index contributed by atoms with van der Waals surface area (Å²) in [6, 6.07) is 5.33. The molecule has 0 amide bonds. The van der Waals surface area contributed by atoms with Gasteiger partial charge < -0.3 is 9.84 Å². The number of carbonyl (C=O) groups is 1. The first-order valence-corrected chi connectivity index (χ1v) is 8.62. The van der Waals surface area contributed by atoms with E-state index in [1.165, 1.54) is 30.3 Å². The zero-order valence-corrected chi connectivity index (χ0v) is 13.2. The molecule has 8 heteroatoms. The summed E-state index contributed by atoms with van der Waals surface area (Å²) in [7, 11) is -3.79. The Balaban J connectivity index is 2.02. The maximum Gasteiger partial charge on any atom is 0.311 e. The Morgan fingerprint density at radius 3 is 2.48 bits per heavy atom. The summed E-state index contributed by atoms with van der Waals surface area (Å²) in [5, 5.41) is 10.3. The molecular formula is C15H18FNO5S. The maximum atomic E-state index is 12.8. The van der Waals surface area contributed by atoms with Gasteiger partial charge in [-0.3, -0.25) is 4.79 Å². The second-order valence-corrected chi connectivity index (χ2v) is 7.07. The smallest absolute Gasteiger partial charge is 0.311 e. The van der Waals surface area contributed by atoms with E-state index in [2.05, 4.69) is 4.72 Å². The zero-order valence-electron chi connectivity index (χ0n) is 12.4. The minimum Gasteiger partial charge on any atom is -0.481 e. The molecular weight excluding hydrogens is 325 g/mol. The summed E-state index contributed by atoms with van der Waals surface area (Å²) in [6.07, 6.45) is 1.83. The van der Waals surface area contributed by atoms with Crippen molar-refractivity contribution in [1.82, 2.24) is 4.72 Å². The van der Waals surface area contributed by atoms with Gasteiger partial charge in [0, 0.05) is 25.2 Å². The number of benzene rings is 1. The first kappa shape index (κ1) is 17.6. The Bertz CT molecular complexity index is 678. The lowest BCUT2D eigenvalue weighted by atomic mass is 9.80. The van der Waals surface area contributed by atoms with E-state index in [0.29, 0.717) is 18.8 Å². The van der Waals surface area contributed by atoms with Crippen molar-refractivity contribution in [3.63, 3.8) is 0 Å². The number of sulfonamides is 1. The third-order valence-electron chi connectivity index (χ3n) is 3.82. The Morgan fingerprint density at radius 2 is 1.91 bits per heavy atom. The number of halogens is 1. The van der Waals surface area contributed by atoms with Crippen LogP contribution >= 0.6 is 0 Å². The molecule has 2 N–H and O–H groups in total. The van der Waals surface area contributed by atoms with Crippen LogP contribution < -0.4 is 4.72 Å². The fourth-order valence-electron chi connectivity index (χ4n) is 2.26. The van der Waals surface area contributed by atoms with Gasteiger partial charge in [-0.05, 0) is 36.6 Å². The Kier molecular flexibility index (Phi) is 5.51. The van der Waals surface area contributed by atoms with Crippen molar-refractivity contribution in [2.24, 2.45) is 5.41 Å². The lowest BCUT2D eigenvalue weighted by Gasteiger charge is -2.32. The molecule has 0 bridgehead atoms. The molecule has 1 saturated heterocycles. The van der Waals surface area contributed by atoms with Crippen LogP contribution in [-0.4, -0.2) is 39.3 Å². The van der Waals surface area contributed by atoms with Gasteiger partial charge in [-0.15, -0.1) is 0 Å². The summed E-state index contributed by atoms with van der Waals surface area (Å²) >= 11 is 0. The molecule has 0 spiro atoms. The Labute approximate surface area is 134 Å². The average Bonchev–Trinajstić information content (AvgIpc) is 2.53. The van der Waals surface area contributed by atoms with Gasteiger partial charge in [-0.1, -0.05) is 12.1 Å². The van der Waals surface area contributed by atoms with Gasteiger partial charge in [-0.25, -0.2) is 17.5 Å². The van der Waals surface area contributed by atoms with Crippen LogP contribution in [0.15, 0.2) is 29.7 Å². The summed E-state index contributed by atoms with van der Waals surface area (Å²) in [6.45, 7) is 0.390. The van der Waals surface area contributed by atoms with Crippen LogP contribution in [-0.2, 0) is 19.6 Å². The van der Waals surface area contributed by atoms with Crippen LogP contribution in [0.25, 0.3) is 6.08 Å². The van der Waals surface area contributed by atoms with Gasteiger partial charge in [-0.2, -0.15) is 0 Å². The predicted molar refractivity (Wildman–Crippen MR) is 82.5 cm³/mol. The molecule has 6 nitrogen and oxygen atoms in total. The van der Waals surface area contributed by atoms with Crippen molar-refractivity contribution >= 4 is 22.1 Å². The van der Waals surface area contributed by atoms with Crippen LogP contribution in [0.1, 0.15) is 18.4 Å². The first-order chi connectivity index (χ1) is 10.8. The molecule has 1 heterocycles. The standard InChI is InChI=1S/C15H18FNO5S/c16-13-3-1-12(2-4-13)5-10-23(20,21)17-11-15(14(18)19)6-8-22-9-7-15/h1-5,10,17H,6-9,11H2,(H,18,19)/b10-5+. The Hall–Kier alpha value is -1.77. The van der Waals surface area contributed by atoms with Crippen molar-refractivity contribution < 1.29 is 27.4 Å². The Morgan fingerprint density at radius 1 is 1.30 bits per heavy atom. The van der Waals surface area contributed by atoms with Crippen LogP contribution in [0.2, 0.25) is 0 Å². The van der Waals surface area contributed by atoms with Crippen molar-refractivity contribution in [3.8, 4) is 0 Å². The van der Waals surface area contributed by atoms with E-state index in [1.54, 1.807) is 0 Å². The molecule has 0 unspecified atom stereocenters. The van der Waals surface area contributed by atoms with E-state index in [9.17, 15) is 22.7 Å².